The molecule has 0 heterocycles. The van der Waals surface area contributed by atoms with E-state index in [9.17, 15) is 8.78 Å². The summed E-state index contributed by atoms with van der Waals surface area (Å²) in [5.41, 5.74) is 7.30. The minimum absolute atomic E-state index is 0.311. The zero-order valence-corrected chi connectivity index (χ0v) is 12.6. The molecule has 4 heteroatoms. The molecule has 0 bridgehead atoms. The smallest absolute Gasteiger partial charge is 0.131 e. The molecule has 0 saturated heterocycles. The van der Waals surface area contributed by atoms with Gasteiger partial charge in [-0.1, -0.05) is 52.3 Å². The summed E-state index contributed by atoms with van der Waals surface area (Å²) in [6.07, 6.45) is 0. The van der Waals surface area contributed by atoms with Crippen LogP contribution < -0.4 is 5.73 Å². The molecule has 21 heavy (non-hydrogen) atoms. The largest absolute Gasteiger partial charge is 0.320 e. The molecular formula is C17H12BrF2N. The van der Waals surface area contributed by atoms with Gasteiger partial charge in [-0.2, -0.15) is 0 Å². The molecule has 0 spiro atoms. The van der Waals surface area contributed by atoms with E-state index in [1.165, 1.54) is 12.1 Å². The maximum atomic E-state index is 14.1. The Labute approximate surface area is 129 Å². The van der Waals surface area contributed by atoms with Crippen LogP contribution in [-0.2, 0) is 0 Å². The average Bonchev–Trinajstić information content (AvgIpc) is 2.47. The maximum absolute atomic E-state index is 14.1. The van der Waals surface area contributed by atoms with Gasteiger partial charge in [0.15, 0.2) is 0 Å². The highest BCUT2D eigenvalue weighted by Crippen LogP contribution is 2.33. The van der Waals surface area contributed by atoms with Gasteiger partial charge in [-0.05, 0) is 29.1 Å². The van der Waals surface area contributed by atoms with Crippen molar-refractivity contribution in [2.45, 2.75) is 6.04 Å². The SMILES string of the molecule is NC(c1c(F)cccc1Br)c1ccc(F)c2ccccc12. The number of hydrogen-bond donors (Lipinski definition) is 1. The topological polar surface area (TPSA) is 26.0 Å². The summed E-state index contributed by atoms with van der Waals surface area (Å²) in [5.74, 6) is -0.695. The van der Waals surface area contributed by atoms with Crippen LogP contribution in [0.4, 0.5) is 8.78 Å². The highest BCUT2D eigenvalue weighted by Gasteiger charge is 2.19. The molecular weight excluding hydrogens is 336 g/mol. The Kier molecular flexibility index (Phi) is 3.74. The third-order valence-corrected chi connectivity index (χ3v) is 4.24. The molecule has 0 aliphatic heterocycles. The van der Waals surface area contributed by atoms with E-state index in [0.717, 1.165) is 0 Å². The lowest BCUT2D eigenvalue weighted by molar-refractivity contribution is 0.598. The number of rotatable bonds is 2. The third kappa shape index (κ3) is 2.45. The summed E-state index contributed by atoms with van der Waals surface area (Å²) in [4.78, 5) is 0. The molecule has 1 nitrogen and oxygen atoms in total. The van der Waals surface area contributed by atoms with Gasteiger partial charge in [0.1, 0.15) is 11.6 Å². The van der Waals surface area contributed by atoms with Crippen LogP contribution in [-0.4, -0.2) is 0 Å². The van der Waals surface area contributed by atoms with E-state index in [-0.39, 0.29) is 11.6 Å². The first-order valence-electron chi connectivity index (χ1n) is 6.46. The zero-order chi connectivity index (χ0) is 15.0. The molecule has 0 aromatic heterocycles. The first-order chi connectivity index (χ1) is 10.1. The van der Waals surface area contributed by atoms with Crippen molar-refractivity contribution < 1.29 is 8.78 Å². The molecule has 0 aliphatic rings. The molecule has 3 aromatic carbocycles. The van der Waals surface area contributed by atoms with Crippen LogP contribution in [0.5, 0.6) is 0 Å². The molecule has 0 fully saturated rings. The van der Waals surface area contributed by atoms with Crippen LogP contribution in [0, 0.1) is 11.6 Å². The van der Waals surface area contributed by atoms with Crippen molar-refractivity contribution in [3.63, 3.8) is 0 Å². The quantitative estimate of drug-likeness (QED) is 0.698. The van der Waals surface area contributed by atoms with Crippen molar-refractivity contribution >= 4 is 26.7 Å². The highest BCUT2D eigenvalue weighted by atomic mass is 79.9. The molecule has 1 unspecified atom stereocenters. The second-order valence-corrected chi connectivity index (χ2v) is 5.65. The Morgan fingerprint density at radius 3 is 2.24 bits per heavy atom. The van der Waals surface area contributed by atoms with Crippen LogP contribution in [0.25, 0.3) is 10.8 Å². The first kappa shape index (κ1) is 14.2. The van der Waals surface area contributed by atoms with Crippen LogP contribution in [0.15, 0.2) is 59.1 Å². The normalized spacial score (nSPS) is 12.6. The standard InChI is InChI=1S/C17H12BrF2N/c18-13-6-3-7-15(20)16(13)17(21)12-8-9-14(19)11-5-2-1-4-10(11)12/h1-9,17H,21H2. The van der Waals surface area contributed by atoms with Crippen LogP contribution in [0.1, 0.15) is 17.2 Å². The second-order valence-electron chi connectivity index (χ2n) is 4.80. The van der Waals surface area contributed by atoms with E-state index in [2.05, 4.69) is 15.9 Å². The van der Waals surface area contributed by atoms with E-state index in [0.29, 0.717) is 26.4 Å². The van der Waals surface area contributed by atoms with Gasteiger partial charge >= 0.3 is 0 Å². The number of nitrogens with two attached hydrogens (primary N) is 1. The second kappa shape index (κ2) is 5.54. The molecule has 3 rings (SSSR count). The van der Waals surface area contributed by atoms with E-state index in [1.807, 2.05) is 6.07 Å². The number of fused-ring (bicyclic) bond motifs is 1. The van der Waals surface area contributed by atoms with Gasteiger partial charge in [-0.3, -0.25) is 0 Å². The van der Waals surface area contributed by atoms with Crippen molar-refractivity contribution in [3.8, 4) is 0 Å². The van der Waals surface area contributed by atoms with Crippen LogP contribution >= 0.6 is 15.9 Å². The molecule has 106 valence electrons. The molecule has 3 aromatic rings. The molecule has 0 radical (unpaired) electrons. The van der Waals surface area contributed by atoms with Gasteiger partial charge in [-0.25, -0.2) is 8.78 Å². The van der Waals surface area contributed by atoms with Crippen molar-refractivity contribution in [2.24, 2.45) is 5.73 Å². The lowest BCUT2D eigenvalue weighted by atomic mass is 9.94. The van der Waals surface area contributed by atoms with E-state index in [4.69, 9.17) is 5.73 Å². The average molecular weight is 348 g/mol. The van der Waals surface area contributed by atoms with Crippen molar-refractivity contribution in [2.75, 3.05) is 0 Å². The van der Waals surface area contributed by atoms with Gasteiger partial charge < -0.3 is 5.73 Å². The van der Waals surface area contributed by atoms with Crippen molar-refractivity contribution in [1.82, 2.24) is 0 Å². The summed E-state index contributed by atoms with van der Waals surface area (Å²) in [7, 11) is 0. The first-order valence-corrected chi connectivity index (χ1v) is 7.25. The lowest BCUT2D eigenvalue weighted by Crippen LogP contribution is -2.15. The predicted molar refractivity (Wildman–Crippen MR) is 84.0 cm³/mol. The lowest BCUT2D eigenvalue weighted by Gasteiger charge is -2.17. The fraction of sp³-hybridized carbons (Fsp3) is 0.0588. The van der Waals surface area contributed by atoms with Crippen molar-refractivity contribution in [1.29, 1.82) is 0 Å². The summed E-state index contributed by atoms with van der Waals surface area (Å²) in [5, 5.41) is 1.18. The van der Waals surface area contributed by atoms with Gasteiger partial charge in [-0.15, -0.1) is 0 Å². The van der Waals surface area contributed by atoms with Gasteiger partial charge in [0.05, 0.1) is 6.04 Å². The fourth-order valence-corrected chi connectivity index (χ4v) is 3.11. The van der Waals surface area contributed by atoms with Crippen molar-refractivity contribution in [3.05, 3.63) is 81.8 Å². The monoisotopic (exact) mass is 347 g/mol. The number of hydrogen-bond acceptors (Lipinski definition) is 1. The van der Waals surface area contributed by atoms with Crippen LogP contribution in [0.2, 0.25) is 0 Å². The third-order valence-electron chi connectivity index (χ3n) is 3.55. The summed E-state index contributed by atoms with van der Waals surface area (Å²) in [6.45, 7) is 0. The van der Waals surface area contributed by atoms with E-state index in [1.54, 1.807) is 36.4 Å². The van der Waals surface area contributed by atoms with Crippen LogP contribution in [0.3, 0.4) is 0 Å². The van der Waals surface area contributed by atoms with Gasteiger partial charge in [0, 0.05) is 15.4 Å². The predicted octanol–water partition coefficient (Wildman–Crippen LogP) is 4.93. The molecule has 0 aliphatic carbocycles. The van der Waals surface area contributed by atoms with E-state index >= 15 is 0 Å². The van der Waals surface area contributed by atoms with Gasteiger partial charge in [0.25, 0.3) is 0 Å². The minimum Gasteiger partial charge on any atom is -0.320 e. The summed E-state index contributed by atoms with van der Waals surface area (Å²) in [6, 6.07) is 14.1. The molecule has 0 saturated carbocycles. The number of halogens is 3. The Balaban J connectivity index is 2.23. The zero-order valence-electron chi connectivity index (χ0n) is 11.0. The Hall–Kier alpha value is -1.78. The van der Waals surface area contributed by atoms with Gasteiger partial charge in [0.2, 0.25) is 0 Å². The molecule has 0 amide bonds. The molecule has 2 N–H and O–H groups in total. The summed E-state index contributed by atoms with van der Waals surface area (Å²) >= 11 is 3.33. The highest BCUT2D eigenvalue weighted by molar-refractivity contribution is 9.10. The van der Waals surface area contributed by atoms with E-state index < -0.39 is 6.04 Å². The Morgan fingerprint density at radius 1 is 0.810 bits per heavy atom. The number of benzene rings is 3. The molecule has 1 atom stereocenters. The minimum atomic E-state index is -0.675. The Bertz CT molecular complexity index is 797. The summed E-state index contributed by atoms with van der Waals surface area (Å²) < 4.78 is 28.5. The maximum Gasteiger partial charge on any atom is 0.131 e. The fourth-order valence-electron chi connectivity index (χ4n) is 2.52. The Morgan fingerprint density at radius 2 is 1.52 bits per heavy atom.